The van der Waals surface area contributed by atoms with Gasteiger partial charge in [0.2, 0.25) is 11.8 Å². The van der Waals surface area contributed by atoms with Crippen LogP contribution in [0.25, 0.3) is 0 Å². The van der Waals surface area contributed by atoms with Gasteiger partial charge >= 0.3 is 6.18 Å². The fourth-order valence-corrected chi connectivity index (χ4v) is 1.91. The molecule has 0 unspecified atom stereocenters. The largest absolute Gasteiger partial charge is 0.492 e. The molecule has 0 bridgehead atoms. The second kappa shape index (κ2) is 7.24. The van der Waals surface area contributed by atoms with E-state index in [0.29, 0.717) is 5.69 Å². The molecular formula is C15H16F3N3O3. The van der Waals surface area contributed by atoms with Crippen LogP contribution in [-0.4, -0.2) is 24.2 Å². The number of aryl methyl sites for hydroxylation is 1. The summed E-state index contributed by atoms with van der Waals surface area (Å²) in [5, 5.41) is 8.68. The van der Waals surface area contributed by atoms with Gasteiger partial charge in [0.15, 0.2) is 0 Å². The summed E-state index contributed by atoms with van der Waals surface area (Å²) < 4.78 is 48.5. The molecule has 0 aliphatic rings. The number of nitrogens with one attached hydrogen (secondary N) is 2. The minimum absolute atomic E-state index is 0.0792. The van der Waals surface area contributed by atoms with E-state index < -0.39 is 17.6 Å². The number of carbonyl (C=O) groups excluding carboxylic acids is 1. The quantitative estimate of drug-likeness (QED) is 0.840. The number of ether oxygens (including phenoxy) is 1. The third-order valence-electron chi connectivity index (χ3n) is 2.94. The van der Waals surface area contributed by atoms with E-state index in [1.54, 1.807) is 13.8 Å². The lowest BCUT2D eigenvalue weighted by Gasteiger charge is -2.15. The maximum absolute atomic E-state index is 12.8. The monoisotopic (exact) mass is 343 g/mol. The van der Waals surface area contributed by atoms with E-state index in [9.17, 15) is 18.0 Å². The van der Waals surface area contributed by atoms with Crippen molar-refractivity contribution in [2.24, 2.45) is 0 Å². The normalized spacial score (nSPS) is 11.2. The predicted molar refractivity (Wildman–Crippen MR) is 81.0 cm³/mol. The van der Waals surface area contributed by atoms with Crippen molar-refractivity contribution in [2.75, 3.05) is 23.8 Å². The molecule has 0 fully saturated rings. The number of carbonyl (C=O) groups is 1. The summed E-state index contributed by atoms with van der Waals surface area (Å²) >= 11 is 0. The van der Waals surface area contributed by atoms with Gasteiger partial charge in [0.25, 0.3) is 0 Å². The molecule has 0 saturated carbocycles. The summed E-state index contributed by atoms with van der Waals surface area (Å²) in [4.78, 5) is 11.8. The highest BCUT2D eigenvalue weighted by atomic mass is 19.4. The highest BCUT2D eigenvalue weighted by molar-refractivity contribution is 5.92. The SMILES string of the molecule is CCOc1ccc(C(F)(F)F)cc1NCC(=O)Nc1cc(C)no1. The molecule has 0 saturated heterocycles. The van der Waals surface area contributed by atoms with Gasteiger partial charge in [0, 0.05) is 6.07 Å². The molecule has 2 rings (SSSR count). The van der Waals surface area contributed by atoms with Crippen molar-refractivity contribution in [3.8, 4) is 5.75 Å². The first-order valence-corrected chi connectivity index (χ1v) is 7.10. The molecular weight excluding hydrogens is 327 g/mol. The number of nitrogens with zero attached hydrogens (tertiary/aromatic N) is 1. The number of hydrogen-bond donors (Lipinski definition) is 2. The molecule has 1 amide bonds. The van der Waals surface area contributed by atoms with Gasteiger partial charge in [-0.3, -0.25) is 10.1 Å². The number of alkyl halides is 3. The highest BCUT2D eigenvalue weighted by Gasteiger charge is 2.31. The zero-order valence-electron chi connectivity index (χ0n) is 13.0. The summed E-state index contributed by atoms with van der Waals surface area (Å²) in [7, 11) is 0. The van der Waals surface area contributed by atoms with E-state index in [2.05, 4.69) is 15.8 Å². The van der Waals surface area contributed by atoms with Crippen LogP contribution in [0, 0.1) is 6.92 Å². The van der Waals surface area contributed by atoms with Gasteiger partial charge in [-0.25, -0.2) is 0 Å². The van der Waals surface area contributed by atoms with Crippen LogP contribution < -0.4 is 15.4 Å². The van der Waals surface area contributed by atoms with Crippen LogP contribution in [-0.2, 0) is 11.0 Å². The molecule has 9 heteroatoms. The number of aromatic nitrogens is 1. The molecule has 130 valence electrons. The van der Waals surface area contributed by atoms with Crippen molar-refractivity contribution >= 4 is 17.5 Å². The number of anilines is 2. The molecule has 0 radical (unpaired) electrons. The van der Waals surface area contributed by atoms with Crippen LogP contribution in [0.4, 0.5) is 24.7 Å². The van der Waals surface area contributed by atoms with E-state index in [0.717, 1.165) is 12.1 Å². The zero-order valence-corrected chi connectivity index (χ0v) is 13.0. The Kier molecular flexibility index (Phi) is 5.32. The standard InChI is InChI=1S/C15H16F3N3O3/c1-3-23-12-5-4-10(15(16,17)18)7-11(12)19-8-13(22)20-14-6-9(2)21-24-14/h4-7,19H,3,8H2,1-2H3,(H,20,22). The first kappa shape index (κ1) is 17.6. The molecule has 2 aromatic rings. The third kappa shape index (κ3) is 4.64. The Morgan fingerprint density at radius 2 is 2.08 bits per heavy atom. The number of halogens is 3. The van der Waals surface area contributed by atoms with Crippen LogP contribution in [0.15, 0.2) is 28.8 Å². The summed E-state index contributed by atoms with van der Waals surface area (Å²) in [5.41, 5.74) is -0.162. The molecule has 0 spiro atoms. The molecule has 6 nitrogen and oxygen atoms in total. The fraction of sp³-hybridized carbons (Fsp3) is 0.333. The highest BCUT2D eigenvalue weighted by Crippen LogP contribution is 2.35. The van der Waals surface area contributed by atoms with Gasteiger partial charge in [-0.1, -0.05) is 5.16 Å². The van der Waals surface area contributed by atoms with E-state index in [1.807, 2.05) is 0 Å². The molecule has 1 aromatic carbocycles. The van der Waals surface area contributed by atoms with Crippen molar-refractivity contribution in [2.45, 2.75) is 20.0 Å². The number of hydrogen-bond acceptors (Lipinski definition) is 5. The number of rotatable bonds is 6. The van der Waals surface area contributed by atoms with Gasteiger partial charge < -0.3 is 14.6 Å². The molecule has 0 atom stereocenters. The number of benzene rings is 1. The lowest BCUT2D eigenvalue weighted by molar-refractivity contribution is -0.137. The van der Waals surface area contributed by atoms with Crippen LogP contribution in [0.5, 0.6) is 5.75 Å². The number of amides is 1. The zero-order chi connectivity index (χ0) is 17.7. The van der Waals surface area contributed by atoms with Crippen molar-refractivity contribution in [1.29, 1.82) is 0 Å². The van der Waals surface area contributed by atoms with Gasteiger partial charge in [-0.2, -0.15) is 13.2 Å². The van der Waals surface area contributed by atoms with Crippen molar-refractivity contribution in [3.05, 3.63) is 35.5 Å². The fourth-order valence-electron chi connectivity index (χ4n) is 1.91. The van der Waals surface area contributed by atoms with Crippen LogP contribution in [0.3, 0.4) is 0 Å². The first-order chi connectivity index (χ1) is 11.3. The summed E-state index contributed by atoms with van der Waals surface area (Å²) in [6, 6.07) is 4.56. The average Bonchev–Trinajstić information content (AvgIpc) is 2.90. The van der Waals surface area contributed by atoms with Gasteiger partial charge in [-0.15, -0.1) is 0 Å². The van der Waals surface area contributed by atoms with Crippen LogP contribution in [0.1, 0.15) is 18.2 Å². The lowest BCUT2D eigenvalue weighted by Crippen LogP contribution is -2.22. The van der Waals surface area contributed by atoms with E-state index in [4.69, 9.17) is 9.26 Å². The van der Waals surface area contributed by atoms with Gasteiger partial charge in [-0.05, 0) is 32.0 Å². The Balaban J connectivity index is 2.07. The Labute approximate surface area is 136 Å². The Morgan fingerprint density at radius 3 is 2.67 bits per heavy atom. The maximum atomic E-state index is 12.8. The third-order valence-corrected chi connectivity index (χ3v) is 2.94. The summed E-state index contributed by atoms with van der Waals surface area (Å²) in [6.07, 6.45) is -4.49. The molecule has 2 N–H and O–H groups in total. The second-order valence-corrected chi connectivity index (χ2v) is 4.88. The second-order valence-electron chi connectivity index (χ2n) is 4.88. The van der Waals surface area contributed by atoms with Crippen molar-refractivity contribution in [1.82, 2.24) is 5.16 Å². The Bertz CT molecular complexity index is 713. The average molecular weight is 343 g/mol. The molecule has 1 aromatic heterocycles. The Hall–Kier alpha value is -2.71. The maximum Gasteiger partial charge on any atom is 0.416 e. The minimum atomic E-state index is -4.49. The molecule has 0 aliphatic heterocycles. The van der Waals surface area contributed by atoms with E-state index in [1.165, 1.54) is 12.1 Å². The molecule has 24 heavy (non-hydrogen) atoms. The molecule has 1 heterocycles. The first-order valence-electron chi connectivity index (χ1n) is 7.10. The van der Waals surface area contributed by atoms with Crippen LogP contribution >= 0.6 is 0 Å². The van der Waals surface area contributed by atoms with E-state index >= 15 is 0 Å². The van der Waals surface area contributed by atoms with Crippen LogP contribution in [0.2, 0.25) is 0 Å². The summed E-state index contributed by atoms with van der Waals surface area (Å²) in [6.45, 7) is 3.42. The smallest absolute Gasteiger partial charge is 0.416 e. The summed E-state index contributed by atoms with van der Waals surface area (Å²) in [5.74, 6) is -0.104. The minimum Gasteiger partial charge on any atom is -0.492 e. The predicted octanol–water partition coefficient (Wildman–Crippen LogP) is 3.45. The van der Waals surface area contributed by atoms with Gasteiger partial charge in [0.1, 0.15) is 5.75 Å². The van der Waals surface area contributed by atoms with Crippen molar-refractivity contribution < 1.29 is 27.2 Å². The topological polar surface area (TPSA) is 76.4 Å². The van der Waals surface area contributed by atoms with E-state index in [-0.39, 0.29) is 30.5 Å². The van der Waals surface area contributed by atoms with Crippen molar-refractivity contribution in [3.63, 3.8) is 0 Å². The molecule has 0 aliphatic carbocycles. The van der Waals surface area contributed by atoms with Gasteiger partial charge in [0.05, 0.1) is 30.1 Å². The lowest BCUT2D eigenvalue weighted by atomic mass is 10.1. The Morgan fingerprint density at radius 1 is 1.33 bits per heavy atom.